The molecule has 0 radical (unpaired) electrons. The number of benzene rings is 1. The van der Waals surface area contributed by atoms with Crippen LogP contribution in [0.5, 0.6) is 0 Å². The number of carboxylic acid groups (broad SMARTS) is 1. The largest absolute Gasteiger partial charge is 0.481 e. The molecule has 3 nitrogen and oxygen atoms in total. The molecule has 0 aliphatic carbocycles. The van der Waals surface area contributed by atoms with Gasteiger partial charge in [0.25, 0.3) is 0 Å². The number of anilines is 1. The van der Waals surface area contributed by atoms with Gasteiger partial charge in [0.1, 0.15) is 0 Å². The van der Waals surface area contributed by atoms with Crippen LogP contribution in [-0.4, -0.2) is 24.2 Å². The van der Waals surface area contributed by atoms with Crippen LogP contribution < -0.4 is 4.90 Å². The molecule has 0 heterocycles. The SMILES string of the molecule is C#CCN(CC(C)C(=O)O)c1ccc(CC)cc1. The molecule has 0 aliphatic rings. The van der Waals surface area contributed by atoms with Crippen LogP contribution in [0.3, 0.4) is 0 Å². The molecule has 96 valence electrons. The van der Waals surface area contributed by atoms with Gasteiger partial charge < -0.3 is 10.0 Å². The number of aliphatic carboxylic acids is 1. The highest BCUT2D eigenvalue weighted by atomic mass is 16.4. The van der Waals surface area contributed by atoms with Crippen LogP contribution in [-0.2, 0) is 11.2 Å². The maximum Gasteiger partial charge on any atom is 0.308 e. The minimum Gasteiger partial charge on any atom is -0.481 e. The lowest BCUT2D eigenvalue weighted by atomic mass is 10.1. The lowest BCUT2D eigenvalue weighted by Crippen LogP contribution is -2.32. The van der Waals surface area contributed by atoms with E-state index in [0.29, 0.717) is 13.1 Å². The molecule has 1 rings (SSSR count). The summed E-state index contributed by atoms with van der Waals surface area (Å²) in [5.74, 6) is 1.33. The highest BCUT2D eigenvalue weighted by Gasteiger charge is 2.15. The van der Waals surface area contributed by atoms with E-state index in [1.165, 1.54) is 5.56 Å². The molecule has 0 amide bonds. The molecule has 3 heteroatoms. The Balaban J connectivity index is 2.83. The molecular weight excluding hydrogens is 226 g/mol. The fraction of sp³-hybridized carbons (Fsp3) is 0.400. The fourth-order valence-corrected chi connectivity index (χ4v) is 1.72. The van der Waals surface area contributed by atoms with Crippen molar-refractivity contribution in [2.75, 3.05) is 18.0 Å². The topological polar surface area (TPSA) is 40.5 Å². The summed E-state index contributed by atoms with van der Waals surface area (Å²) < 4.78 is 0. The molecule has 1 atom stereocenters. The molecule has 1 N–H and O–H groups in total. The van der Waals surface area contributed by atoms with Gasteiger partial charge in [-0.05, 0) is 24.1 Å². The first-order valence-electron chi connectivity index (χ1n) is 6.08. The zero-order chi connectivity index (χ0) is 13.5. The van der Waals surface area contributed by atoms with Crippen LogP contribution in [0.15, 0.2) is 24.3 Å². The standard InChI is InChI=1S/C15H19NO2/c1-4-10-16(11-12(3)15(17)18)14-8-6-13(5-2)7-9-14/h1,6-9,12H,5,10-11H2,2-3H3,(H,17,18). The van der Waals surface area contributed by atoms with Gasteiger partial charge >= 0.3 is 5.97 Å². The van der Waals surface area contributed by atoms with E-state index in [1.807, 2.05) is 29.2 Å². The molecule has 1 aromatic carbocycles. The Hall–Kier alpha value is -1.95. The summed E-state index contributed by atoms with van der Waals surface area (Å²) in [6.07, 6.45) is 6.32. The second-order valence-corrected chi connectivity index (χ2v) is 4.34. The van der Waals surface area contributed by atoms with Crippen LogP contribution >= 0.6 is 0 Å². The van der Waals surface area contributed by atoms with Crippen molar-refractivity contribution in [2.24, 2.45) is 5.92 Å². The Morgan fingerprint density at radius 2 is 2.06 bits per heavy atom. The summed E-state index contributed by atoms with van der Waals surface area (Å²) >= 11 is 0. The first-order valence-corrected chi connectivity index (χ1v) is 6.08. The van der Waals surface area contributed by atoms with Crippen molar-refractivity contribution in [3.05, 3.63) is 29.8 Å². The van der Waals surface area contributed by atoms with Gasteiger partial charge in [-0.1, -0.05) is 31.9 Å². The zero-order valence-corrected chi connectivity index (χ0v) is 10.9. The van der Waals surface area contributed by atoms with Crippen LogP contribution in [0.2, 0.25) is 0 Å². The third-order valence-corrected chi connectivity index (χ3v) is 2.91. The second-order valence-electron chi connectivity index (χ2n) is 4.34. The van der Waals surface area contributed by atoms with Crippen LogP contribution in [0.4, 0.5) is 5.69 Å². The van der Waals surface area contributed by atoms with E-state index in [4.69, 9.17) is 11.5 Å². The fourth-order valence-electron chi connectivity index (χ4n) is 1.72. The van der Waals surface area contributed by atoms with Crippen molar-refractivity contribution in [3.8, 4) is 12.3 Å². The molecule has 0 fully saturated rings. The van der Waals surface area contributed by atoms with Gasteiger partial charge in [0.2, 0.25) is 0 Å². The predicted molar refractivity (Wildman–Crippen MR) is 73.7 cm³/mol. The number of hydrogen-bond acceptors (Lipinski definition) is 2. The first kappa shape index (κ1) is 14.1. The molecule has 0 spiro atoms. The van der Waals surface area contributed by atoms with Crippen molar-refractivity contribution in [1.29, 1.82) is 0 Å². The van der Waals surface area contributed by atoms with Gasteiger partial charge in [-0.3, -0.25) is 4.79 Å². The highest BCUT2D eigenvalue weighted by Crippen LogP contribution is 2.17. The number of terminal acetylenes is 1. The van der Waals surface area contributed by atoms with Gasteiger partial charge in [-0.2, -0.15) is 0 Å². The maximum absolute atomic E-state index is 10.9. The minimum atomic E-state index is -0.804. The number of carboxylic acids is 1. The summed E-state index contributed by atoms with van der Waals surface area (Å²) in [5, 5.41) is 8.95. The lowest BCUT2D eigenvalue weighted by Gasteiger charge is -2.24. The van der Waals surface area contributed by atoms with Crippen LogP contribution in [0.1, 0.15) is 19.4 Å². The van der Waals surface area contributed by atoms with Gasteiger partial charge in [0, 0.05) is 12.2 Å². The van der Waals surface area contributed by atoms with E-state index in [9.17, 15) is 4.79 Å². The van der Waals surface area contributed by atoms with Crippen molar-refractivity contribution in [2.45, 2.75) is 20.3 Å². The first-order chi connectivity index (χ1) is 8.58. The Morgan fingerprint density at radius 1 is 1.44 bits per heavy atom. The Kier molecular flexibility index (Phi) is 5.26. The summed E-state index contributed by atoms with van der Waals surface area (Å²) in [7, 11) is 0. The highest BCUT2D eigenvalue weighted by molar-refractivity contribution is 5.70. The number of aryl methyl sites for hydroxylation is 1. The zero-order valence-electron chi connectivity index (χ0n) is 10.9. The normalized spacial score (nSPS) is 11.6. The Morgan fingerprint density at radius 3 is 2.50 bits per heavy atom. The van der Waals surface area contributed by atoms with E-state index in [2.05, 4.69) is 12.8 Å². The quantitative estimate of drug-likeness (QED) is 0.782. The molecule has 0 aromatic heterocycles. The van der Waals surface area contributed by atoms with Gasteiger partial charge in [0.05, 0.1) is 12.5 Å². The van der Waals surface area contributed by atoms with Crippen LogP contribution in [0.25, 0.3) is 0 Å². The van der Waals surface area contributed by atoms with E-state index >= 15 is 0 Å². The molecular formula is C15H19NO2. The minimum absolute atomic E-state index is 0.420. The number of rotatable bonds is 6. The number of nitrogens with zero attached hydrogens (tertiary/aromatic N) is 1. The molecule has 1 aromatic rings. The second kappa shape index (κ2) is 6.70. The number of hydrogen-bond donors (Lipinski definition) is 1. The molecule has 0 aliphatic heterocycles. The average molecular weight is 245 g/mol. The molecule has 0 saturated heterocycles. The van der Waals surface area contributed by atoms with Crippen molar-refractivity contribution in [1.82, 2.24) is 0 Å². The van der Waals surface area contributed by atoms with Gasteiger partial charge in [-0.25, -0.2) is 0 Å². The van der Waals surface area contributed by atoms with Crippen molar-refractivity contribution in [3.63, 3.8) is 0 Å². The van der Waals surface area contributed by atoms with E-state index in [-0.39, 0.29) is 0 Å². The average Bonchev–Trinajstić information content (AvgIpc) is 2.38. The van der Waals surface area contributed by atoms with Crippen molar-refractivity contribution < 1.29 is 9.90 Å². The van der Waals surface area contributed by atoms with Gasteiger partial charge in [-0.15, -0.1) is 6.42 Å². The Bertz CT molecular complexity index is 431. The molecule has 0 bridgehead atoms. The van der Waals surface area contributed by atoms with E-state index in [1.54, 1.807) is 6.92 Å². The third kappa shape index (κ3) is 3.81. The van der Waals surface area contributed by atoms with Gasteiger partial charge in [0.15, 0.2) is 0 Å². The van der Waals surface area contributed by atoms with E-state index < -0.39 is 11.9 Å². The lowest BCUT2D eigenvalue weighted by molar-refractivity contribution is -0.140. The van der Waals surface area contributed by atoms with Crippen molar-refractivity contribution >= 4 is 11.7 Å². The predicted octanol–water partition coefficient (Wildman–Crippen LogP) is 2.41. The van der Waals surface area contributed by atoms with Crippen LogP contribution in [0, 0.1) is 18.3 Å². The molecule has 18 heavy (non-hydrogen) atoms. The summed E-state index contributed by atoms with van der Waals surface area (Å²) in [5.41, 5.74) is 2.23. The monoisotopic (exact) mass is 245 g/mol. The third-order valence-electron chi connectivity index (χ3n) is 2.91. The Labute approximate surface area is 108 Å². The summed E-state index contributed by atoms with van der Waals surface area (Å²) in [4.78, 5) is 12.8. The smallest absolute Gasteiger partial charge is 0.308 e. The summed E-state index contributed by atoms with van der Waals surface area (Å²) in [6, 6.07) is 8.07. The molecule has 1 unspecified atom stereocenters. The molecule has 0 saturated carbocycles. The number of carbonyl (C=O) groups is 1. The van der Waals surface area contributed by atoms with E-state index in [0.717, 1.165) is 12.1 Å². The maximum atomic E-state index is 10.9. The summed E-state index contributed by atoms with van der Waals surface area (Å²) in [6.45, 7) is 4.63.